The summed E-state index contributed by atoms with van der Waals surface area (Å²) in [5.74, 6) is 2.13. The molecule has 4 heteroatoms. The third kappa shape index (κ3) is 2.08. The maximum Gasteiger partial charge on any atom is 0.251 e. The summed E-state index contributed by atoms with van der Waals surface area (Å²) >= 11 is 0. The minimum absolute atomic E-state index is 0.0254. The van der Waals surface area contributed by atoms with Crippen molar-refractivity contribution in [3.63, 3.8) is 0 Å². The van der Waals surface area contributed by atoms with Gasteiger partial charge in [-0.2, -0.15) is 0 Å². The van der Waals surface area contributed by atoms with Gasteiger partial charge in [0.1, 0.15) is 5.75 Å². The number of hydrogen-bond donors (Lipinski definition) is 2. The number of benzene rings is 1. The largest absolute Gasteiger partial charge is 0.494 e. The molecule has 1 aromatic carbocycles. The van der Waals surface area contributed by atoms with E-state index in [0.717, 1.165) is 18.8 Å². The van der Waals surface area contributed by atoms with Crippen molar-refractivity contribution in [3.05, 3.63) is 29.8 Å². The molecule has 0 bridgehead atoms. The van der Waals surface area contributed by atoms with Crippen LogP contribution in [0, 0.1) is 11.8 Å². The van der Waals surface area contributed by atoms with Crippen LogP contribution in [0.25, 0.3) is 0 Å². The number of piperidine rings is 1. The molecule has 2 aliphatic rings. The Balaban J connectivity index is 1.58. The molecule has 1 saturated heterocycles. The van der Waals surface area contributed by atoms with Gasteiger partial charge in [-0.05, 0) is 43.0 Å². The highest BCUT2D eigenvalue weighted by molar-refractivity contribution is 5.94. The molecule has 2 atom stereocenters. The van der Waals surface area contributed by atoms with Crippen LogP contribution in [0.2, 0.25) is 0 Å². The highest BCUT2D eigenvalue weighted by atomic mass is 16.5. The van der Waals surface area contributed by atoms with Crippen molar-refractivity contribution in [2.45, 2.75) is 13.0 Å². The number of carbonyl (C=O) groups is 1. The second-order valence-electron chi connectivity index (χ2n) is 4.94. The molecule has 3 rings (SSSR count). The fourth-order valence-electron chi connectivity index (χ4n) is 2.74. The highest BCUT2D eigenvalue weighted by Gasteiger charge is 2.53. The van der Waals surface area contributed by atoms with E-state index in [9.17, 15) is 4.79 Å². The van der Waals surface area contributed by atoms with E-state index in [0.29, 0.717) is 30.0 Å². The summed E-state index contributed by atoms with van der Waals surface area (Å²) in [6.07, 6.45) is 0. The Morgan fingerprint density at radius 1 is 1.33 bits per heavy atom. The normalized spacial score (nSPS) is 28.6. The topological polar surface area (TPSA) is 50.4 Å². The minimum atomic E-state index is 0.0254. The predicted octanol–water partition coefficient (Wildman–Crippen LogP) is 1.03. The molecule has 0 radical (unpaired) electrons. The van der Waals surface area contributed by atoms with Crippen molar-refractivity contribution in [2.75, 3.05) is 19.7 Å². The minimum Gasteiger partial charge on any atom is -0.494 e. The van der Waals surface area contributed by atoms with Crippen LogP contribution in [-0.2, 0) is 0 Å². The number of amides is 1. The molecule has 1 saturated carbocycles. The number of carbonyl (C=O) groups excluding carboxylic acids is 1. The van der Waals surface area contributed by atoms with E-state index < -0.39 is 0 Å². The Morgan fingerprint density at radius 3 is 2.61 bits per heavy atom. The van der Waals surface area contributed by atoms with Crippen LogP contribution in [0.1, 0.15) is 17.3 Å². The van der Waals surface area contributed by atoms with E-state index in [2.05, 4.69) is 10.6 Å². The van der Waals surface area contributed by atoms with Crippen molar-refractivity contribution in [2.24, 2.45) is 11.8 Å². The molecule has 1 heterocycles. The van der Waals surface area contributed by atoms with E-state index in [1.807, 2.05) is 31.2 Å². The van der Waals surface area contributed by atoms with Crippen LogP contribution in [0.4, 0.5) is 0 Å². The number of rotatable bonds is 4. The highest BCUT2D eigenvalue weighted by Crippen LogP contribution is 2.41. The molecule has 18 heavy (non-hydrogen) atoms. The zero-order valence-corrected chi connectivity index (χ0v) is 10.5. The molecule has 96 valence electrons. The number of fused-ring (bicyclic) bond motifs is 1. The molecule has 2 N–H and O–H groups in total. The Bertz CT molecular complexity index is 434. The summed E-state index contributed by atoms with van der Waals surface area (Å²) in [4.78, 5) is 12.0. The second-order valence-corrected chi connectivity index (χ2v) is 4.94. The van der Waals surface area contributed by atoms with Crippen LogP contribution in [0.3, 0.4) is 0 Å². The molecule has 0 aromatic heterocycles. The van der Waals surface area contributed by atoms with Crippen molar-refractivity contribution < 1.29 is 9.53 Å². The zero-order valence-electron chi connectivity index (χ0n) is 10.5. The van der Waals surface area contributed by atoms with E-state index >= 15 is 0 Å². The van der Waals surface area contributed by atoms with E-state index in [-0.39, 0.29) is 5.91 Å². The van der Waals surface area contributed by atoms with Gasteiger partial charge in [0.2, 0.25) is 0 Å². The smallest absolute Gasteiger partial charge is 0.251 e. The van der Waals surface area contributed by atoms with Crippen molar-refractivity contribution in [3.8, 4) is 5.75 Å². The van der Waals surface area contributed by atoms with E-state index in [4.69, 9.17) is 4.74 Å². The van der Waals surface area contributed by atoms with Crippen LogP contribution in [-0.4, -0.2) is 31.6 Å². The Labute approximate surface area is 107 Å². The van der Waals surface area contributed by atoms with Crippen molar-refractivity contribution in [1.29, 1.82) is 0 Å². The Morgan fingerprint density at radius 2 is 2.00 bits per heavy atom. The third-order valence-electron chi connectivity index (χ3n) is 3.82. The van der Waals surface area contributed by atoms with Gasteiger partial charge in [0.25, 0.3) is 5.91 Å². The average Bonchev–Trinajstić information content (AvgIpc) is 2.84. The first-order valence-electron chi connectivity index (χ1n) is 6.54. The second kappa shape index (κ2) is 4.61. The molecule has 2 unspecified atom stereocenters. The average molecular weight is 246 g/mol. The molecule has 1 aliphatic heterocycles. The van der Waals surface area contributed by atoms with Gasteiger partial charge in [-0.1, -0.05) is 0 Å². The summed E-state index contributed by atoms with van der Waals surface area (Å²) in [7, 11) is 0. The van der Waals surface area contributed by atoms with Gasteiger partial charge in [0, 0.05) is 24.7 Å². The van der Waals surface area contributed by atoms with Crippen molar-refractivity contribution >= 4 is 5.91 Å². The standard InChI is InChI=1S/C14H18N2O2/c1-2-18-10-5-3-9(4-6-10)14(17)16-13-11-7-15-8-12(11)13/h3-6,11-13,15H,2,7-8H2,1H3,(H,16,17). The fraction of sp³-hybridized carbons (Fsp3) is 0.500. The molecule has 1 aromatic rings. The van der Waals surface area contributed by atoms with Gasteiger partial charge >= 0.3 is 0 Å². The lowest BCUT2D eigenvalue weighted by atomic mass is 10.2. The first kappa shape index (κ1) is 11.5. The Kier molecular flexibility index (Phi) is 2.96. The Hall–Kier alpha value is -1.55. The zero-order chi connectivity index (χ0) is 12.5. The quantitative estimate of drug-likeness (QED) is 0.834. The lowest BCUT2D eigenvalue weighted by molar-refractivity contribution is 0.0946. The first-order chi connectivity index (χ1) is 8.79. The van der Waals surface area contributed by atoms with Crippen molar-refractivity contribution in [1.82, 2.24) is 10.6 Å². The molecule has 2 fully saturated rings. The summed E-state index contributed by atoms with van der Waals surface area (Å²) in [5, 5.41) is 6.42. The molecular formula is C14H18N2O2. The van der Waals surface area contributed by atoms with Gasteiger partial charge in [-0.3, -0.25) is 4.79 Å². The monoisotopic (exact) mass is 246 g/mol. The van der Waals surface area contributed by atoms with Crippen LogP contribution in [0.5, 0.6) is 5.75 Å². The number of hydrogen-bond acceptors (Lipinski definition) is 3. The van der Waals surface area contributed by atoms with Gasteiger partial charge in [0.05, 0.1) is 6.61 Å². The van der Waals surface area contributed by atoms with Gasteiger partial charge in [-0.15, -0.1) is 0 Å². The molecule has 0 spiro atoms. The van der Waals surface area contributed by atoms with E-state index in [1.165, 1.54) is 0 Å². The summed E-state index contributed by atoms with van der Waals surface area (Å²) < 4.78 is 5.35. The maximum atomic E-state index is 12.0. The maximum absolute atomic E-state index is 12.0. The molecule has 1 aliphatic carbocycles. The SMILES string of the molecule is CCOc1ccc(C(=O)NC2C3CNCC32)cc1. The number of nitrogens with one attached hydrogen (secondary N) is 2. The molecule has 1 amide bonds. The van der Waals surface area contributed by atoms with Crippen LogP contribution in [0.15, 0.2) is 24.3 Å². The van der Waals surface area contributed by atoms with Gasteiger partial charge in [-0.25, -0.2) is 0 Å². The summed E-state index contributed by atoms with van der Waals surface area (Å²) in [6.45, 7) is 4.67. The molecule has 4 nitrogen and oxygen atoms in total. The number of ether oxygens (including phenoxy) is 1. The van der Waals surface area contributed by atoms with Crippen LogP contribution >= 0.6 is 0 Å². The van der Waals surface area contributed by atoms with E-state index in [1.54, 1.807) is 0 Å². The fourth-order valence-corrected chi connectivity index (χ4v) is 2.74. The molecular weight excluding hydrogens is 228 g/mol. The third-order valence-corrected chi connectivity index (χ3v) is 3.82. The van der Waals surface area contributed by atoms with Crippen LogP contribution < -0.4 is 15.4 Å². The van der Waals surface area contributed by atoms with Gasteiger partial charge in [0.15, 0.2) is 0 Å². The summed E-state index contributed by atoms with van der Waals surface area (Å²) in [6, 6.07) is 7.69. The van der Waals surface area contributed by atoms with Gasteiger partial charge < -0.3 is 15.4 Å². The summed E-state index contributed by atoms with van der Waals surface area (Å²) in [5.41, 5.74) is 0.705. The lowest BCUT2D eigenvalue weighted by Gasteiger charge is -2.08. The first-order valence-corrected chi connectivity index (χ1v) is 6.54. The lowest BCUT2D eigenvalue weighted by Crippen LogP contribution is -2.32. The predicted molar refractivity (Wildman–Crippen MR) is 68.7 cm³/mol.